The smallest absolute Gasteiger partial charge is 0.254 e. The highest BCUT2D eigenvalue weighted by atomic mass is 19.1. The van der Waals surface area contributed by atoms with Gasteiger partial charge in [0.05, 0.1) is 0 Å². The van der Waals surface area contributed by atoms with Gasteiger partial charge in [0.15, 0.2) is 11.5 Å². The second-order valence-corrected chi connectivity index (χ2v) is 6.81. The molecule has 1 aliphatic rings. The topological polar surface area (TPSA) is 66.6 Å². The van der Waals surface area contributed by atoms with Gasteiger partial charge in [-0.15, -0.1) is 15.3 Å². The zero-order chi connectivity index (χ0) is 19.0. The van der Waals surface area contributed by atoms with Crippen LogP contribution in [0.3, 0.4) is 0 Å². The van der Waals surface area contributed by atoms with Crippen LogP contribution >= 0.6 is 0 Å². The Morgan fingerprint density at radius 2 is 1.89 bits per heavy atom. The van der Waals surface area contributed by atoms with Crippen LogP contribution in [-0.2, 0) is 0 Å². The molecule has 0 unspecified atom stereocenters. The Bertz CT molecular complexity index is 1000. The molecule has 0 bridgehead atoms. The van der Waals surface area contributed by atoms with Gasteiger partial charge in [0.25, 0.3) is 5.91 Å². The fraction of sp³-hybridized carbons (Fsp3) is 0.368. The maximum absolute atomic E-state index is 13.8. The normalized spacial score (nSPS) is 15.2. The number of carbonyl (C=O) groups excluding carboxylic acids is 1. The van der Waals surface area contributed by atoms with E-state index in [1.54, 1.807) is 28.5 Å². The SMILES string of the molecule is Cc1ccc(C(=O)N2CCCN(c3ccc4nnc(C)n4n3)CC2)cc1F. The fourth-order valence-electron chi connectivity index (χ4n) is 3.31. The Balaban J connectivity index is 1.50. The minimum atomic E-state index is -0.348. The van der Waals surface area contributed by atoms with Crippen LogP contribution in [0.4, 0.5) is 10.2 Å². The highest BCUT2D eigenvalue weighted by Gasteiger charge is 2.22. The van der Waals surface area contributed by atoms with Gasteiger partial charge in [0.2, 0.25) is 0 Å². The molecule has 0 radical (unpaired) electrons. The van der Waals surface area contributed by atoms with Gasteiger partial charge in [-0.1, -0.05) is 6.07 Å². The van der Waals surface area contributed by atoms with E-state index in [9.17, 15) is 9.18 Å². The molecule has 0 aliphatic carbocycles. The second kappa shape index (κ2) is 6.94. The van der Waals surface area contributed by atoms with E-state index in [0.717, 1.165) is 24.6 Å². The molecular weight excluding hydrogens is 347 g/mol. The number of hydrogen-bond acceptors (Lipinski definition) is 5. The summed E-state index contributed by atoms with van der Waals surface area (Å²) in [4.78, 5) is 16.7. The van der Waals surface area contributed by atoms with Crippen molar-refractivity contribution in [2.75, 3.05) is 31.1 Å². The molecule has 140 valence electrons. The summed E-state index contributed by atoms with van der Waals surface area (Å²) in [5.41, 5.74) is 1.65. The van der Waals surface area contributed by atoms with E-state index in [4.69, 9.17) is 0 Å². The zero-order valence-corrected chi connectivity index (χ0v) is 15.4. The van der Waals surface area contributed by atoms with Crippen molar-refractivity contribution in [3.05, 3.63) is 53.1 Å². The average molecular weight is 368 g/mol. The van der Waals surface area contributed by atoms with Crippen LogP contribution in [0, 0.1) is 19.7 Å². The molecule has 1 aliphatic heterocycles. The molecule has 0 saturated carbocycles. The summed E-state index contributed by atoms with van der Waals surface area (Å²) >= 11 is 0. The third-order valence-corrected chi connectivity index (χ3v) is 4.93. The lowest BCUT2D eigenvalue weighted by Crippen LogP contribution is -2.35. The minimum absolute atomic E-state index is 0.131. The molecule has 2 aromatic heterocycles. The number of benzene rings is 1. The lowest BCUT2D eigenvalue weighted by molar-refractivity contribution is 0.0766. The van der Waals surface area contributed by atoms with Crippen LogP contribution < -0.4 is 4.90 Å². The maximum atomic E-state index is 13.8. The number of anilines is 1. The molecule has 0 spiro atoms. The first-order chi connectivity index (χ1) is 13.0. The molecular formula is C19H21FN6O. The van der Waals surface area contributed by atoms with E-state index >= 15 is 0 Å². The van der Waals surface area contributed by atoms with Gasteiger partial charge in [-0.05, 0) is 50.1 Å². The first-order valence-corrected chi connectivity index (χ1v) is 9.02. The van der Waals surface area contributed by atoms with Gasteiger partial charge >= 0.3 is 0 Å². The number of nitrogens with zero attached hydrogens (tertiary/aromatic N) is 6. The number of amides is 1. The van der Waals surface area contributed by atoms with Crippen LogP contribution in [0.5, 0.6) is 0 Å². The number of fused-ring (bicyclic) bond motifs is 1. The maximum Gasteiger partial charge on any atom is 0.254 e. The second-order valence-electron chi connectivity index (χ2n) is 6.81. The quantitative estimate of drug-likeness (QED) is 0.694. The molecule has 1 amide bonds. The van der Waals surface area contributed by atoms with E-state index in [2.05, 4.69) is 20.2 Å². The lowest BCUT2D eigenvalue weighted by Gasteiger charge is -2.23. The van der Waals surface area contributed by atoms with Crippen molar-refractivity contribution >= 4 is 17.4 Å². The standard InChI is InChI=1S/C19H21FN6O/c1-13-4-5-15(12-16(13)20)19(27)25-9-3-8-24(10-11-25)18-7-6-17-22-21-14(2)26(17)23-18/h4-7,12H,3,8-11H2,1-2H3. The van der Waals surface area contributed by atoms with Crippen molar-refractivity contribution in [2.45, 2.75) is 20.3 Å². The third-order valence-electron chi connectivity index (χ3n) is 4.93. The molecule has 1 saturated heterocycles. The van der Waals surface area contributed by atoms with Crippen LogP contribution in [0.1, 0.15) is 28.2 Å². The molecule has 7 nitrogen and oxygen atoms in total. The van der Waals surface area contributed by atoms with E-state index < -0.39 is 0 Å². The molecule has 8 heteroatoms. The number of hydrogen-bond donors (Lipinski definition) is 0. The lowest BCUT2D eigenvalue weighted by atomic mass is 10.1. The molecule has 3 heterocycles. The Kier molecular flexibility index (Phi) is 4.47. The van der Waals surface area contributed by atoms with Crippen molar-refractivity contribution < 1.29 is 9.18 Å². The molecule has 1 aromatic carbocycles. The van der Waals surface area contributed by atoms with Crippen LogP contribution in [-0.4, -0.2) is 56.8 Å². The number of rotatable bonds is 2. The van der Waals surface area contributed by atoms with Crippen LogP contribution in [0.15, 0.2) is 30.3 Å². The van der Waals surface area contributed by atoms with Crippen LogP contribution in [0.2, 0.25) is 0 Å². The van der Waals surface area contributed by atoms with Crippen molar-refractivity contribution in [3.63, 3.8) is 0 Å². The Hall–Kier alpha value is -3.03. The predicted octanol–water partition coefficient (Wildman–Crippen LogP) is 2.23. The molecule has 4 rings (SSSR count). The van der Waals surface area contributed by atoms with Gasteiger partial charge in [-0.3, -0.25) is 4.79 Å². The Morgan fingerprint density at radius 1 is 1.04 bits per heavy atom. The first kappa shape index (κ1) is 17.4. The highest BCUT2D eigenvalue weighted by Crippen LogP contribution is 2.17. The van der Waals surface area contributed by atoms with Gasteiger partial charge < -0.3 is 9.80 Å². The summed E-state index contributed by atoms with van der Waals surface area (Å²) in [6.07, 6.45) is 0.820. The minimum Gasteiger partial charge on any atom is -0.353 e. The average Bonchev–Trinajstić information content (AvgIpc) is 2.89. The van der Waals surface area contributed by atoms with Crippen molar-refractivity contribution in [3.8, 4) is 0 Å². The van der Waals surface area contributed by atoms with E-state index in [0.29, 0.717) is 36.4 Å². The van der Waals surface area contributed by atoms with Crippen LogP contribution in [0.25, 0.3) is 5.65 Å². The van der Waals surface area contributed by atoms with Crippen molar-refractivity contribution in [1.82, 2.24) is 24.7 Å². The highest BCUT2D eigenvalue weighted by molar-refractivity contribution is 5.94. The van der Waals surface area contributed by atoms with Gasteiger partial charge in [0.1, 0.15) is 11.6 Å². The summed E-state index contributed by atoms with van der Waals surface area (Å²) in [6, 6.07) is 8.48. The summed E-state index contributed by atoms with van der Waals surface area (Å²) in [7, 11) is 0. The number of carbonyl (C=O) groups is 1. The predicted molar refractivity (Wildman–Crippen MR) is 99.4 cm³/mol. The van der Waals surface area contributed by atoms with E-state index in [-0.39, 0.29) is 11.7 Å². The Labute approximate surface area is 156 Å². The van der Waals surface area contributed by atoms with Gasteiger partial charge in [0, 0.05) is 31.7 Å². The number of aryl methyl sites for hydroxylation is 2. The molecule has 0 N–H and O–H groups in total. The van der Waals surface area contributed by atoms with E-state index in [1.165, 1.54) is 6.07 Å². The Morgan fingerprint density at radius 3 is 2.70 bits per heavy atom. The van der Waals surface area contributed by atoms with Gasteiger partial charge in [-0.2, -0.15) is 4.52 Å². The van der Waals surface area contributed by atoms with Gasteiger partial charge in [-0.25, -0.2) is 4.39 Å². The molecule has 0 atom stereocenters. The largest absolute Gasteiger partial charge is 0.353 e. The first-order valence-electron chi connectivity index (χ1n) is 9.02. The summed E-state index contributed by atoms with van der Waals surface area (Å²) < 4.78 is 15.5. The fourth-order valence-corrected chi connectivity index (χ4v) is 3.31. The van der Waals surface area contributed by atoms with Crippen molar-refractivity contribution in [1.29, 1.82) is 0 Å². The zero-order valence-electron chi connectivity index (χ0n) is 15.4. The summed E-state index contributed by atoms with van der Waals surface area (Å²) in [5, 5.41) is 12.7. The number of aromatic nitrogens is 4. The molecule has 27 heavy (non-hydrogen) atoms. The summed E-state index contributed by atoms with van der Waals surface area (Å²) in [6.45, 7) is 6.22. The number of halogens is 1. The van der Waals surface area contributed by atoms with E-state index in [1.807, 2.05) is 19.1 Å². The van der Waals surface area contributed by atoms with Crippen molar-refractivity contribution in [2.24, 2.45) is 0 Å². The third kappa shape index (κ3) is 3.34. The molecule has 3 aromatic rings. The summed E-state index contributed by atoms with van der Waals surface area (Å²) in [5.74, 6) is 1.09. The molecule has 1 fully saturated rings. The monoisotopic (exact) mass is 368 g/mol.